The summed E-state index contributed by atoms with van der Waals surface area (Å²) < 4.78 is 16.0. The predicted octanol–water partition coefficient (Wildman–Crippen LogP) is -0.533. The Morgan fingerprint density at radius 2 is 1.88 bits per heavy atom. The molecule has 0 saturated carbocycles. The molecule has 1 fully saturated rings. The monoisotopic (exact) mass is 342 g/mol. The molecule has 1 aliphatic rings. The molecular weight excluding hydrogens is 320 g/mol. The summed E-state index contributed by atoms with van der Waals surface area (Å²) in [4.78, 5) is 11.7. The van der Waals surface area contributed by atoms with Gasteiger partial charge in [-0.15, -0.1) is 0 Å². The van der Waals surface area contributed by atoms with Crippen molar-refractivity contribution in [3.8, 4) is 11.5 Å². The van der Waals surface area contributed by atoms with Crippen LogP contribution in [0.5, 0.6) is 11.5 Å². The van der Waals surface area contributed by atoms with Gasteiger partial charge in [-0.05, 0) is 18.2 Å². The van der Waals surface area contributed by atoms with Gasteiger partial charge in [-0.25, -0.2) is 0 Å². The highest BCUT2D eigenvalue weighted by Gasteiger charge is 2.44. The second-order valence-electron chi connectivity index (χ2n) is 5.46. The van der Waals surface area contributed by atoms with Crippen molar-refractivity contribution in [1.82, 2.24) is 0 Å². The maximum absolute atomic E-state index is 11.7. The summed E-state index contributed by atoms with van der Waals surface area (Å²) in [5, 5.41) is 38.7. The molecule has 1 aromatic carbocycles. The van der Waals surface area contributed by atoms with Crippen LogP contribution < -0.4 is 9.47 Å². The fourth-order valence-corrected chi connectivity index (χ4v) is 2.43. The van der Waals surface area contributed by atoms with Crippen LogP contribution in [-0.4, -0.2) is 70.6 Å². The van der Waals surface area contributed by atoms with Crippen LogP contribution in [0.4, 0.5) is 0 Å². The molecule has 0 amide bonds. The number of aliphatic hydroxyl groups is 4. The van der Waals surface area contributed by atoms with Gasteiger partial charge in [-0.1, -0.05) is 6.92 Å². The average Bonchev–Trinajstić information content (AvgIpc) is 2.61. The summed E-state index contributed by atoms with van der Waals surface area (Å²) in [6, 6.07) is 4.54. The number of ketones is 1. The van der Waals surface area contributed by atoms with E-state index >= 15 is 0 Å². The summed E-state index contributed by atoms with van der Waals surface area (Å²) in [7, 11) is 1.40. The van der Waals surface area contributed by atoms with Gasteiger partial charge in [-0.2, -0.15) is 0 Å². The molecule has 5 atom stereocenters. The molecule has 1 saturated heterocycles. The van der Waals surface area contributed by atoms with E-state index in [2.05, 4.69) is 0 Å². The van der Waals surface area contributed by atoms with E-state index < -0.39 is 37.3 Å². The summed E-state index contributed by atoms with van der Waals surface area (Å²) in [5.74, 6) is 0.383. The molecule has 8 heteroatoms. The second kappa shape index (κ2) is 7.91. The Balaban J connectivity index is 2.21. The van der Waals surface area contributed by atoms with E-state index in [1.807, 2.05) is 0 Å². The topological polar surface area (TPSA) is 126 Å². The Bertz CT molecular complexity index is 573. The smallest absolute Gasteiger partial charge is 0.229 e. The van der Waals surface area contributed by atoms with Gasteiger partial charge in [0, 0.05) is 12.0 Å². The van der Waals surface area contributed by atoms with Crippen LogP contribution in [0.3, 0.4) is 0 Å². The first kappa shape index (κ1) is 18.6. The number of hydrogen-bond acceptors (Lipinski definition) is 8. The van der Waals surface area contributed by atoms with Gasteiger partial charge in [0.15, 0.2) is 17.3 Å². The van der Waals surface area contributed by atoms with Crippen LogP contribution in [0.2, 0.25) is 0 Å². The van der Waals surface area contributed by atoms with Gasteiger partial charge >= 0.3 is 0 Å². The van der Waals surface area contributed by atoms with Crippen LogP contribution >= 0.6 is 0 Å². The minimum absolute atomic E-state index is 0.0623. The zero-order valence-corrected chi connectivity index (χ0v) is 13.5. The van der Waals surface area contributed by atoms with Crippen molar-refractivity contribution in [2.75, 3.05) is 13.7 Å². The number of methoxy groups -OCH3 is 1. The van der Waals surface area contributed by atoms with Crippen molar-refractivity contribution >= 4 is 5.78 Å². The van der Waals surface area contributed by atoms with Gasteiger partial charge in [0.25, 0.3) is 0 Å². The Hall–Kier alpha value is -1.71. The van der Waals surface area contributed by atoms with Crippen LogP contribution in [0.25, 0.3) is 0 Å². The molecule has 1 aliphatic heterocycles. The molecular formula is C16H22O8. The molecule has 0 aromatic heterocycles. The van der Waals surface area contributed by atoms with E-state index in [4.69, 9.17) is 14.2 Å². The first-order valence-electron chi connectivity index (χ1n) is 7.61. The van der Waals surface area contributed by atoms with Gasteiger partial charge in [0.1, 0.15) is 24.4 Å². The lowest BCUT2D eigenvalue weighted by atomic mass is 9.99. The van der Waals surface area contributed by atoms with Gasteiger partial charge in [-0.3, -0.25) is 4.79 Å². The SMILES string of the molecule is CCC(=O)c1ccc(O[C@@H]2O[C@H](CO)[C@@H](O)[C@H](O)[C@H]2O)c(OC)c1. The lowest BCUT2D eigenvalue weighted by molar-refractivity contribution is -0.277. The zero-order valence-electron chi connectivity index (χ0n) is 13.5. The van der Waals surface area contributed by atoms with Crippen molar-refractivity contribution in [3.63, 3.8) is 0 Å². The molecule has 24 heavy (non-hydrogen) atoms. The van der Waals surface area contributed by atoms with E-state index in [0.717, 1.165) is 0 Å². The number of benzene rings is 1. The number of carbonyl (C=O) groups excluding carboxylic acids is 1. The minimum Gasteiger partial charge on any atom is -0.493 e. The molecule has 0 spiro atoms. The molecule has 1 heterocycles. The largest absolute Gasteiger partial charge is 0.493 e. The summed E-state index contributed by atoms with van der Waals surface area (Å²) in [6.07, 6.45) is -6.56. The fourth-order valence-electron chi connectivity index (χ4n) is 2.43. The molecule has 1 aromatic rings. The molecule has 0 bridgehead atoms. The normalized spacial score (nSPS) is 30.0. The van der Waals surface area contributed by atoms with E-state index in [0.29, 0.717) is 12.0 Å². The summed E-state index contributed by atoms with van der Waals surface area (Å²) in [5.41, 5.74) is 0.454. The van der Waals surface area contributed by atoms with Crippen LogP contribution in [-0.2, 0) is 4.74 Å². The van der Waals surface area contributed by atoms with Gasteiger partial charge < -0.3 is 34.6 Å². The van der Waals surface area contributed by atoms with Crippen LogP contribution in [0, 0.1) is 0 Å². The molecule has 2 rings (SSSR count). The van der Waals surface area contributed by atoms with Gasteiger partial charge in [0.05, 0.1) is 13.7 Å². The highest BCUT2D eigenvalue weighted by atomic mass is 16.7. The van der Waals surface area contributed by atoms with E-state index in [1.165, 1.54) is 19.2 Å². The third kappa shape index (κ3) is 3.68. The Morgan fingerprint density at radius 3 is 2.46 bits per heavy atom. The predicted molar refractivity (Wildman–Crippen MR) is 82.0 cm³/mol. The summed E-state index contributed by atoms with van der Waals surface area (Å²) >= 11 is 0. The minimum atomic E-state index is -1.53. The van der Waals surface area contributed by atoms with Crippen molar-refractivity contribution in [2.24, 2.45) is 0 Å². The van der Waals surface area contributed by atoms with E-state index in [9.17, 15) is 25.2 Å². The van der Waals surface area contributed by atoms with Crippen molar-refractivity contribution < 1.29 is 39.4 Å². The Labute approximate surface area is 139 Å². The Kier molecular flexibility index (Phi) is 6.14. The number of ether oxygens (including phenoxy) is 3. The quantitative estimate of drug-likeness (QED) is 0.508. The molecule has 0 unspecified atom stereocenters. The van der Waals surface area contributed by atoms with Crippen molar-refractivity contribution in [2.45, 2.75) is 44.1 Å². The number of hydrogen-bond donors (Lipinski definition) is 4. The maximum atomic E-state index is 11.7. The first-order chi connectivity index (χ1) is 11.4. The zero-order chi connectivity index (χ0) is 17.9. The lowest BCUT2D eigenvalue weighted by Gasteiger charge is -2.39. The second-order valence-corrected chi connectivity index (χ2v) is 5.46. The van der Waals surface area contributed by atoms with Crippen LogP contribution in [0.1, 0.15) is 23.7 Å². The lowest BCUT2D eigenvalue weighted by Crippen LogP contribution is -2.60. The molecule has 0 radical (unpaired) electrons. The maximum Gasteiger partial charge on any atom is 0.229 e. The third-order valence-corrected chi connectivity index (χ3v) is 3.90. The van der Waals surface area contributed by atoms with Crippen molar-refractivity contribution in [1.29, 1.82) is 0 Å². The number of aliphatic hydroxyl groups excluding tert-OH is 4. The van der Waals surface area contributed by atoms with E-state index in [-0.39, 0.29) is 17.3 Å². The highest BCUT2D eigenvalue weighted by molar-refractivity contribution is 5.96. The number of Topliss-reactive ketones (excluding diaryl/α,β-unsaturated/α-hetero) is 1. The Morgan fingerprint density at radius 1 is 1.17 bits per heavy atom. The summed E-state index contributed by atoms with van der Waals surface area (Å²) in [6.45, 7) is 1.19. The number of carbonyl (C=O) groups is 1. The van der Waals surface area contributed by atoms with Crippen molar-refractivity contribution in [3.05, 3.63) is 23.8 Å². The molecule has 4 N–H and O–H groups in total. The highest BCUT2D eigenvalue weighted by Crippen LogP contribution is 2.32. The molecule has 0 aliphatic carbocycles. The van der Waals surface area contributed by atoms with Gasteiger partial charge in [0.2, 0.25) is 6.29 Å². The van der Waals surface area contributed by atoms with Crippen LogP contribution in [0.15, 0.2) is 18.2 Å². The third-order valence-electron chi connectivity index (χ3n) is 3.90. The number of rotatable bonds is 6. The molecule has 8 nitrogen and oxygen atoms in total. The average molecular weight is 342 g/mol. The first-order valence-corrected chi connectivity index (χ1v) is 7.61. The molecule has 134 valence electrons. The standard InChI is InChI=1S/C16H22O8/c1-3-9(18)8-4-5-10(11(6-8)22-2)23-16-15(21)14(20)13(19)12(7-17)24-16/h4-6,12-17,19-21H,3,7H2,1-2H3/t12-,13-,14+,15-,16-/m1/s1. The van der Waals surface area contributed by atoms with E-state index in [1.54, 1.807) is 13.0 Å². The fraction of sp³-hybridized carbons (Fsp3) is 0.562.